The zero-order valence-corrected chi connectivity index (χ0v) is 11.9. The third kappa shape index (κ3) is 4.87. The van der Waals surface area contributed by atoms with Crippen molar-refractivity contribution >= 4 is 0 Å². The molecule has 0 saturated carbocycles. The molecule has 21 heavy (non-hydrogen) atoms. The Morgan fingerprint density at radius 1 is 1.33 bits per heavy atom. The summed E-state index contributed by atoms with van der Waals surface area (Å²) >= 11 is 0. The predicted molar refractivity (Wildman–Crippen MR) is 73.8 cm³/mol. The van der Waals surface area contributed by atoms with Gasteiger partial charge in [0, 0.05) is 11.6 Å². The fourth-order valence-electron chi connectivity index (χ4n) is 1.88. The molecule has 2 atom stereocenters. The van der Waals surface area contributed by atoms with Gasteiger partial charge in [-0.1, -0.05) is 6.92 Å². The van der Waals surface area contributed by atoms with Crippen molar-refractivity contribution < 1.29 is 23.0 Å². The molecule has 0 saturated heterocycles. The zero-order valence-electron chi connectivity index (χ0n) is 11.9. The van der Waals surface area contributed by atoms with Crippen molar-refractivity contribution in [2.24, 2.45) is 11.5 Å². The number of ether oxygens (including phenoxy) is 1. The molecule has 0 aromatic heterocycles. The number of nitrogens with two attached hydrogens (primary N) is 2. The van der Waals surface area contributed by atoms with Crippen molar-refractivity contribution in [1.82, 2.24) is 0 Å². The highest BCUT2D eigenvalue weighted by Crippen LogP contribution is 2.35. The molecule has 0 aliphatic rings. The summed E-state index contributed by atoms with van der Waals surface area (Å²) in [4.78, 5) is 0. The second-order valence-electron chi connectivity index (χ2n) is 4.78. The number of rotatable bonds is 7. The SMILES string of the molecule is CCCOc1ccc(C(F)(F)F)cc1C(O)C(N)CCN. The van der Waals surface area contributed by atoms with Crippen LogP contribution in [0.15, 0.2) is 18.2 Å². The highest BCUT2D eigenvalue weighted by Gasteiger charge is 2.32. The molecule has 0 amide bonds. The molecule has 7 heteroatoms. The van der Waals surface area contributed by atoms with Crippen molar-refractivity contribution in [1.29, 1.82) is 0 Å². The maximum Gasteiger partial charge on any atom is 0.416 e. The van der Waals surface area contributed by atoms with Crippen LogP contribution in [0.1, 0.15) is 37.0 Å². The molecule has 0 radical (unpaired) electrons. The van der Waals surface area contributed by atoms with Crippen LogP contribution in [-0.2, 0) is 6.18 Å². The van der Waals surface area contributed by atoms with Crippen LogP contribution in [-0.4, -0.2) is 24.3 Å². The number of hydrogen-bond donors (Lipinski definition) is 3. The van der Waals surface area contributed by atoms with Gasteiger partial charge in [-0.05, 0) is 37.6 Å². The second kappa shape index (κ2) is 7.63. The summed E-state index contributed by atoms with van der Waals surface area (Å²) in [6.07, 6.45) is -4.76. The molecule has 0 spiro atoms. The van der Waals surface area contributed by atoms with E-state index in [-0.39, 0.29) is 17.9 Å². The van der Waals surface area contributed by atoms with Gasteiger partial charge in [0.05, 0.1) is 18.3 Å². The molecule has 0 aliphatic carbocycles. The van der Waals surface area contributed by atoms with Gasteiger partial charge in [-0.2, -0.15) is 13.2 Å². The molecular formula is C14H21F3N2O2. The van der Waals surface area contributed by atoms with Gasteiger partial charge < -0.3 is 21.3 Å². The number of benzene rings is 1. The van der Waals surface area contributed by atoms with Crippen LogP contribution < -0.4 is 16.2 Å². The Morgan fingerprint density at radius 3 is 2.52 bits per heavy atom. The van der Waals surface area contributed by atoms with E-state index in [1.165, 1.54) is 6.07 Å². The monoisotopic (exact) mass is 306 g/mol. The lowest BCUT2D eigenvalue weighted by molar-refractivity contribution is -0.137. The van der Waals surface area contributed by atoms with Gasteiger partial charge in [-0.15, -0.1) is 0 Å². The summed E-state index contributed by atoms with van der Waals surface area (Å²) in [5.74, 6) is 0.213. The van der Waals surface area contributed by atoms with Gasteiger partial charge in [0.15, 0.2) is 0 Å². The molecule has 4 nitrogen and oxygen atoms in total. The summed E-state index contributed by atoms with van der Waals surface area (Å²) in [5, 5.41) is 10.2. The Balaban J connectivity index is 3.15. The summed E-state index contributed by atoms with van der Waals surface area (Å²) in [6, 6.07) is 2.27. The van der Waals surface area contributed by atoms with E-state index in [1.807, 2.05) is 6.92 Å². The van der Waals surface area contributed by atoms with Crippen LogP contribution in [0.25, 0.3) is 0 Å². The molecule has 0 aliphatic heterocycles. The average Bonchev–Trinajstić information content (AvgIpc) is 2.43. The number of halogens is 3. The summed E-state index contributed by atoms with van der Waals surface area (Å²) in [6.45, 7) is 2.46. The standard InChI is InChI=1S/C14H21F3N2O2/c1-2-7-21-12-4-3-9(14(15,16)17)8-10(12)13(20)11(19)5-6-18/h3-4,8,11,13,20H,2,5-7,18-19H2,1H3. The van der Waals surface area contributed by atoms with Crippen molar-refractivity contribution in [3.8, 4) is 5.75 Å². The third-order valence-electron chi connectivity index (χ3n) is 3.02. The van der Waals surface area contributed by atoms with Crippen molar-refractivity contribution in [3.63, 3.8) is 0 Å². The molecule has 2 unspecified atom stereocenters. The number of alkyl halides is 3. The van der Waals surface area contributed by atoms with E-state index in [0.717, 1.165) is 12.1 Å². The molecule has 1 rings (SSSR count). The first kappa shape index (κ1) is 17.7. The molecule has 0 bridgehead atoms. The van der Waals surface area contributed by atoms with E-state index in [4.69, 9.17) is 16.2 Å². The first-order valence-electron chi connectivity index (χ1n) is 6.78. The molecule has 0 fully saturated rings. The van der Waals surface area contributed by atoms with E-state index in [1.54, 1.807) is 0 Å². The van der Waals surface area contributed by atoms with Gasteiger partial charge in [0.2, 0.25) is 0 Å². The molecule has 120 valence electrons. The van der Waals surface area contributed by atoms with Crippen LogP contribution >= 0.6 is 0 Å². The van der Waals surface area contributed by atoms with Gasteiger partial charge in [0.25, 0.3) is 0 Å². The molecular weight excluding hydrogens is 285 g/mol. The Labute approximate surface area is 121 Å². The minimum absolute atomic E-state index is 0.0409. The lowest BCUT2D eigenvalue weighted by atomic mass is 9.97. The van der Waals surface area contributed by atoms with Crippen LogP contribution in [0, 0.1) is 0 Å². The van der Waals surface area contributed by atoms with E-state index >= 15 is 0 Å². The summed E-state index contributed by atoms with van der Waals surface area (Å²) < 4.78 is 43.8. The minimum Gasteiger partial charge on any atom is -0.493 e. The maximum absolute atomic E-state index is 12.8. The molecule has 1 aromatic rings. The van der Waals surface area contributed by atoms with E-state index in [9.17, 15) is 18.3 Å². The first-order valence-corrected chi connectivity index (χ1v) is 6.78. The normalized spacial score (nSPS) is 14.8. The highest BCUT2D eigenvalue weighted by atomic mass is 19.4. The fourth-order valence-corrected chi connectivity index (χ4v) is 1.88. The van der Waals surface area contributed by atoms with Gasteiger partial charge in [-0.25, -0.2) is 0 Å². The highest BCUT2D eigenvalue weighted by molar-refractivity contribution is 5.40. The third-order valence-corrected chi connectivity index (χ3v) is 3.02. The Morgan fingerprint density at radius 2 is 2.00 bits per heavy atom. The smallest absolute Gasteiger partial charge is 0.416 e. The largest absolute Gasteiger partial charge is 0.493 e. The Bertz CT molecular complexity index is 452. The van der Waals surface area contributed by atoms with Crippen molar-refractivity contribution in [2.45, 2.75) is 38.1 Å². The average molecular weight is 306 g/mol. The molecule has 1 aromatic carbocycles. The van der Waals surface area contributed by atoms with Crippen LogP contribution in [0.3, 0.4) is 0 Å². The number of aliphatic hydroxyl groups is 1. The predicted octanol–water partition coefficient (Wildman–Crippen LogP) is 2.20. The first-order chi connectivity index (χ1) is 9.81. The van der Waals surface area contributed by atoms with Crippen LogP contribution in [0.4, 0.5) is 13.2 Å². The Kier molecular flexibility index (Phi) is 6.44. The quantitative estimate of drug-likeness (QED) is 0.721. The molecule has 0 heterocycles. The lowest BCUT2D eigenvalue weighted by Crippen LogP contribution is -2.31. The number of hydrogen-bond acceptors (Lipinski definition) is 4. The maximum atomic E-state index is 12.8. The fraction of sp³-hybridized carbons (Fsp3) is 0.571. The summed E-state index contributed by atoms with van der Waals surface area (Å²) in [5.41, 5.74) is 10.3. The van der Waals surface area contributed by atoms with Gasteiger partial charge in [-0.3, -0.25) is 0 Å². The minimum atomic E-state index is -4.49. The van der Waals surface area contributed by atoms with E-state index in [0.29, 0.717) is 19.4 Å². The lowest BCUT2D eigenvalue weighted by Gasteiger charge is -2.22. The van der Waals surface area contributed by atoms with Crippen LogP contribution in [0.5, 0.6) is 5.75 Å². The summed E-state index contributed by atoms with van der Waals surface area (Å²) in [7, 11) is 0. The van der Waals surface area contributed by atoms with Gasteiger partial charge >= 0.3 is 6.18 Å². The van der Waals surface area contributed by atoms with Crippen molar-refractivity contribution in [3.05, 3.63) is 29.3 Å². The van der Waals surface area contributed by atoms with E-state index < -0.39 is 23.9 Å². The number of aliphatic hydroxyl groups excluding tert-OH is 1. The van der Waals surface area contributed by atoms with E-state index in [2.05, 4.69) is 0 Å². The van der Waals surface area contributed by atoms with Crippen LogP contribution in [0.2, 0.25) is 0 Å². The second-order valence-corrected chi connectivity index (χ2v) is 4.78. The van der Waals surface area contributed by atoms with Gasteiger partial charge in [0.1, 0.15) is 5.75 Å². The van der Waals surface area contributed by atoms with Crippen molar-refractivity contribution in [2.75, 3.05) is 13.2 Å². The Hall–Kier alpha value is -1.31. The molecule has 5 N–H and O–H groups in total. The zero-order chi connectivity index (χ0) is 16.0. The topological polar surface area (TPSA) is 81.5 Å².